The summed E-state index contributed by atoms with van der Waals surface area (Å²) in [6.45, 7) is 1.79. The van der Waals surface area contributed by atoms with E-state index in [0.29, 0.717) is 0 Å². The van der Waals surface area contributed by atoms with E-state index in [4.69, 9.17) is 0 Å². The molecule has 0 aromatic rings. The lowest BCUT2D eigenvalue weighted by Gasteiger charge is -2.43. The van der Waals surface area contributed by atoms with Crippen LogP contribution in [0.3, 0.4) is 0 Å². The first-order chi connectivity index (χ1) is 8.14. The molecule has 2 N–H and O–H groups in total. The largest absolute Gasteiger partial charge is 0.353 e. The summed E-state index contributed by atoms with van der Waals surface area (Å²) in [6.07, 6.45) is 7.32. The molecule has 6 heteroatoms. The van der Waals surface area contributed by atoms with E-state index in [2.05, 4.69) is 29.6 Å². The highest BCUT2D eigenvalue weighted by Gasteiger charge is 2.35. The van der Waals surface area contributed by atoms with Crippen LogP contribution in [0, 0.1) is 0 Å². The molecule has 1 atom stereocenters. The Balaban J connectivity index is 0.00000162. The van der Waals surface area contributed by atoms with Crippen molar-refractivity contribution in [1.29, 1.82) is 0 Å². The Morgan fingerprint density at radius 2 is 1.84 bits per heavy atom. The topological polar surface area (TPSA) is 44.4 Å². The van der Waals surface area contributed by atoms with Gasteiger partial charge in [0, 0.05) is 12.1 Å². The number of carbonyl (C=O) groups excluding carboxylic acids is 1. The van der Waals surface area contributed by atoms with Gasteiger partial charge in [0.25, 0.3) is 0 Å². The van der Waals surface area contributed by atoms with E-state index < -0.39 is 0 Å². The Labute approximate surface area is 128 Å². The van der Waals surface area contributed by atoms with Crippen molar-refractivity contribution in [3.05, 3.63) is 0 Å². The number of amides is 1. The van der Waals surface area contributed by atoms with Crippen molar-refractivity contribution in [2.75, 3.05) is 27.2 Å². The van der Waals surface area contributed by atoms with Crippen molar-refractivity contribution in [2.24, 2.45) is 0 Å². The average molecular weight is 312 g/mol. The van der Waals surface area contributed by atoms with Crippen LogP contribution in [0.5, 0.6) is 0 Å². The van der Waals surface area contributed by atoms with Crippen LogP contribution in [0.2, 0.25) is 0 Å². The molecule has 4 nitrogen and oxygen atoms in total. The number of nitrogens with one attached hydrogen (secondary N) is 2. The molecule has 2 rings (SSSR count). The molecule has 0 aromatic heterocycles. The van der Waals surface area contributed by atoms with Crippen molar-refractivity contribution in [3.8, 4) is 0 Å². The molecule has 1 aliphatic heterocycles. The molecule has 0 bridgehead atoms. The number of rotatable bonds is 4. The summed E-state index contributed by atoms with van der Waals surface area (Å²) >= 11 is 0. The van der Waals surface area contributed by atoms with Gasteiger partial charge in [-0.15, -0.1) is 24.8 Å². The van der Waals surface area contributed by atoms with E-state index >= 15 is 0 Å². The first-order valence-electron chi connectivity index (χ1n) is 6.83. The van der Waals surface area contributed by atoms with Gasteiger partial charge in [-0.2, -0.15) is 0 Å². The van der Waals surface area contributed by atoms with Crippen LogP contribution in [-0.4, -0.2) is 49.6 Å². The van der Waals surface area contributed by atoms with Gasteiger partial charge in [-0.1, -0.05) is 19.3 Å². The molecule has 19 heavy (non-hydrogen) atoms. The molecule has 1 aliphatic carbocycles. The normalized spacial score (nSPS) is 24.7. The second-order valence-electron chi connectivity index (χ2n) is 5.69. The standard InChI is InChI=1S/C13H25N3O.2ClH/c1-16(2)13(7-4-3-5-8-13)10-15-12(17)11-6-9-14-11;;/h11,14H,3-10H2,1-2H3,(H,15,17);2*1H. The summed E-state index contributed by atoms with van der Waals surface area (Å²) in [4.78, 5) is 14.1. The molecule has 1 amide bonds. The summed E-state index contributed by atoms with van der Waals surface area (Å²) in [6, 6.07) is 0.0674. The number of hydrogen-bond donors (Lipinski definition) is 2. The zero-order chi connectivity index (χ0) is 12.3. The molecular formula is C13H27Cl2N3O. The van der Waals surface area contributed by atoms with E-state index in [1.165, 1.54) is 32.1 Å². The monoisotopic (exact) mass is 311 g/mol. The lowest BCUT2D eigenvalue weighted by Crippen LogP contribution is -2.58. The van der Waals surface area contributed by atoms with Crippen molar-refractivity contribution < 1.29 is 4.79 Å². The summed E-state index contributed by atoms with van der Waals surface area (Å²) in [7, 11) is 4.28. The number of hydrogen-bond acceptors (Lipinski definition) is 3. The van der Waals surface area contributed by atoms with Crippen LogP contribution in [0.1, 0.15) is 38.5 Å². The number of nitrogens with zero attached hydrogens (tertiary/aromatic N) is 1. The average Bonchev–Trinajstić information content (AvgIpc) is 2.25. The summed E-state index contributed by atoms with van der Waals surface area (Å²) in [5, 5.41) is 6.28. The van der Waals surface area contributed by atoms with Crippen molar-refractivity contribution in [1.82, 2.24) is 15.5 Å². The Morgan fingerprint density at radius 1 is 1.26 bits per heavy atom. The predicted molar refractivity (Wildman–Crippen MR) is 83.4 cm³/mol. The Hall–Kier alpha value is -0.0300. The third-order valence-electron chi connectivity index (χ3n) is 4.46. The SMILES string of the molecule is CN(C)C1(CNC(=O)C2CCN2)CCCCC1.Cl.Cl. The molecule has 2 aliphatic rings. The first-order valence-corrected chi connectivity index (χ1v) is 6.83. The zero-order valence-corrected chi connectivity index (χ0v) is 13.5. The molecule has 0 radical (unpaired) electrons. The molecule has 1 unspecified atom stereocenters. The lowest BCUT2D eigenvalue weighted by molar-refractivity contribution is -0.125. The van der Waals surface area contributed by atoms with E-state index in [1.54, 1.807) is 0 Å². The van der Waals surface area contributed by atoms with Crippen LogP contribution < -0.4 is 10.6 Å². The lowest BCUT2D eigenvalue weighted by atomic mass is 9.80. The second-order valence-corrected chi connectivity index (χ2v) is 5.69. The van der Waals surface area contributed by atoms with Crippen LogP contribution in [-0.2, 0) is 4.79 Å². The maximum atomic E-state index is 11.8. The summed E-state index contributed by atoms with van der Waals surface area (Å²) in [5.74, 6) is 0.183. The highest BCUT2D eigenvalue weighted by molar-refractivity contribution is 5.85. The molecule has 1 heterocycles. The van der Waals surface area contributed by atoms with Gasteiger partial charge in [0.1, 0.15) is 0 Å². The van der Waals surface area contributed by atoms with E-state index in [0.717, 1.165) is 19.5 Å². The fourth-order valence-corrected chi connectivity index (χ4v) is 2.88. The molecule has 0 spiro atoms. The number of halogens is 2. The number of carbonyl (C=O) groups is 1. The fourth-order valence-electron chi connectivity index (χ4n) is 2.88. The van der Waals surface area contributed by atoms with E-state index in [-0.39, 0.29) is 42.3 Å². The van der Waals surface area contributed by atoms with Crippen molar-refractivity contribution in [3.63, 3.8) is 0 Å². The van der Waals surface area contributed by atoms with Crippen LogP contribution in [0.15, 0.2) is 0 Å². The fraction of sp³-hybridized carbons (Fsp3) is 0.923. The molecule has 114 valence electrons. The van der Waals surface area contributed by atoms with Crippen LogP contribution >= 0.6 is 24.8 Å². The van der Waals surface area contributed by atoms with Gasteiger partial charge < -0.3 is 15.5 Å². The quantitative estimate of drug-likeness (QED) is 0.828. The van der Waals surface area contributed by atoms with Crippen molar-refractivity contribution >= 4 is 30.7 Å². The van der Waals surface area contributed by atoms with Gasteiger partial charge in [-0.05, 0) is 39.9 Å². The summed E-state index contributed by atoms with van der Waals surface area (Å²) in [5.41, 5.74) is 0.192. The van der Waals surface area contributed by atoms with Crippen LogP contribution in [0.4, 0.5) is 0 Å². The molecule has 1 saturated heterocycles. The maximum absolute atomic E-state index is 11.8. The van der Waals surface area contributed by atoms with Gasteiger partial charge in [0.15, 0.2) is 0 Å². The highest BCUT2D eigenvalue weighted by Crippen LogP contribution is 2.31. The minimum Gasteiger partial charge on any atom is -0.353 e. The third kappa shape index (κ3) is 4.48. The Bertz CT molecular complexity index is 277. The third-order valence-corrected chi connectivity index (χ3v) is 4.46. The van der Waals surface area contributed by atoms with Gasteiger partial charge >= 0.3 is 0 Å². The van der Waals surface area contributed by atoms with Gasteiger partial charge in [0.2, 0.25) is 5.91 Å². The van der Waals surface area contributed by atoms with Gasteiger partial charge in [-0.25, -0.2) is 0 Å². The van der Waals surface area contributed by atoms with Gasteiger partial charge in [0.05, 0.1) is 6.04 Å². The Morgan fingerprint density at radius 3 is 2.26 bits per heavy atom. The highest BCUT2D eigenvalue weighted by atomic mass is 35.5. The minimum absolute atomic E-state index is 0. The second kappa shape index (κ2) is 8.30. The number of likely N-dealkylation sites (N-methyl/N-ethyl adjacent to an activating group) is 1. The maximum Gasteiger partial charge on any atom is 0.237 e. The molecule has 0 aromatic carbocycles. The van der Waals surface area contributed by atoms with Crippen molar-refractivity contribution in [2.45, 2.75) is 50.1 Å². The summed E-state index contributed by atoms with van der Waals surface area (Å²) < 4.78 is 0. The molecule has 2 fully saturated rings. The molecule has 1 saturated carbocycles. The molecular weight excluding hydrogens is 285 g/mol. The van der Waals surface area contributed by atoms with E-state index in [9.17, 15) is 4.79 Å². The van der Waals surface area contributed by atoms with E-state index in [1.807, 2.05) is 0 Å². The smallest absolute Gasteiger partial charge is 0.237 e. The van der Waals surface area contributed by atoms with Crippen LogP contribution in [0.25, 0.3) is 0 Å². The first kappa shape index (κ1) is 19.0. The van der Waals surface area contributed by atoms with Gasteiger partial charge in [-0.3, -0.25) is 4.79 Å². The predicted octanol–water partition coefficient (Wildman–Crippen LogP) is 1.57. The Kier molecular flexibility index (Phi) is 8.29. The zero-order valence-electron chi connectivity index (χ0n) is 11.9. The minimum atomic E-state index is 0.